The number of carboxylic acid groups (broad SMARTS) is 1. The Morgan fingerprint density at radius 2 is 2.04 bits per heavy atom. The van der Waals surface area contributed by atoms with Gasteiger partial charge in [0.05, 0.1) is 13.5 Å². The highest BCUT2D eigenvalue weighted by molar-refractivity contribution is 5.80. The van der Waals surface area contributed by atoms with Gasteiger partial charge in [-0.1, -0.05) is 0 Å². The molecule has 0 radical (unpaired) electrons. The molecule has 1 aliphatic heterocycles. The first-order valence-corrected chi connectivity index (χ1v) is 8.91. The van der Waals surface area contributed by atoms with Crippen LogP contribution in [-0.2, 0) is 20.8 Å². The third-order valence-electron chi connectivity index (χ3n) is 4.79. The molecule has 1 saturated heterocycles. The van der Waals surface area contributed by atoms with E-state index in [0.717, 1.165) is 0 Å². The average molecular weight is 380 g/mol. The highest BCUT2D eigenvalue weighted by Crippen LogP contribution is 2.22. The van der Waals surface area contributed by atoms with Gasteiger partial charge in [0.2, 0.25) is 11.8 Å². The second-order valence-electron chi connectivity index (χ2n) is 6.64. The summed E-state index contributed by atoms with van der Waals surface area (Å²) < 4.78 is 18.7. The van der Waals surface area contributed by atoms with E-state index in [9.17, 15) is 18.8 Å². The molecule has 1 heterocycles. The van der Waals surface area contributed by atoms with E-state index in [2.05, 4.69) is 0 Å². The summed E-state index contributed by atoms with van der Waals surface area (Å²) in [5, 5.41) is 9.01. The molecule has 1 aromatic carbocycles. The van der Waals surface area contributed by atoms with Crippen molar-refractivity contribution < 1.29 is 28.6 Å². The van der Waals surface area contributed by atoms with Crippen LogP contribution in [0.25, 0.3) is 0 Å². The number of carbonyl (C=O) groups is 3. The summed E-state index contributed by atoms with van der Waals surface area (Å²) in [5.41, 5.74) is 0.486. The average Bonchev–Trinajstić information content (AvgIpc) is 2.85. The van der Waals surface area contributed by atoms with Crippen molar-refractivity contribution in [2.45, 2.75) is 38.6 Å². The first-order valence-electron chi connectivity index (χ1n) is 8.91. The second-order valence-corrected chi connectivity index (χ2v) is 6.64. The number of methoxy groups -OCH3 is 1. The van der Waals surface area contributed by atoms with E-state index < -0.39 is 11.8 Å². The molecule has 148 valence electrons. The Morgan fingerprint density at radius 1 is 1.30 bits per heavy atom. The van der Waals surface area contributed by atoms with Crippen LogP contribution in [0.15, 0.2) is 18.2 Å². The summed E-state index contributed by atoms with van der Waals surface area (Å²) in [4.78, 5) is 38.5. The van der Waals surface area contributed by atoms with Gasteiger partial charge in [-0.2, -0.15) is 0 Å². The van der Waals surface area contributed by atoms with Crippen LogP contribution >= 0.6 is 0 Å². The first-order chi connectivity index (χ1) is 12.8. The fourth-order valence-electron chi connectivity index (χ4n) is 3.44. The number of nitrogens with zero attached hydrogens (tertiary/aromatic N) is 2. The Labute approximate surface area is 157 Å². The minimum absolute atomic E-state index is 0.0249. The van der Waals surface area contributed by atoms with E-state index in [1.54, 1.807) is 4.90 Å². The molecule has 2 amide bonds. The zero-order valence-electron chi connectivity index (χ0n) is 15.6. The number of ether oxygens (including phenoxy) is 1. The van der Waals surface area contributed by atoms with Crippen molar-refractivity contribution >= 4 is 17.8 Å². The lowest BCUT2D eigenvalue weighted by molar-refractivity contribution is -0.145. The fourth-order valence-corrected chi connectivity index (χ4v) is 3.44. The number of likely N-dealkylation sites (tertiary alicyclic amines) is 1. The Balaban J connectivity index is 2.03. The van der Waals surface area contributed by atoms with Crippen LogP contribution in [0.1, 0.15) is 31.7 Å². The number of rotatable bonds is 6. The van der Waals surface area contributed by atoms with E-state index in [-0.39, 0.29) is 30.8 Å². The molecule has 0 saturated carbocycles. The summed E-state index contributed by atoms with van der Waals surface area (Å²) in [6, 6.07) is 3.86. The van der Waals surface area contributed by atoms with Crippen LogP contribution in [0.2, 0.25) is 0 Å². The number of aliphatic carboxylic acids is 1. The van der Waals surface area contributed by atoms with E-state index in [1.165, 1.54) is 37.1 Å². The molecule has 0 aliphatic carbocycles. The summed E-state index contributed by atoms with van der Waals surface area (Å²) in [7, 11) is 1.47. The Kier molecular flexibility index (Phi) is 7.15. The van der Waals surface area contributed by atoms with Crippen molar-refractivity contribution in [1.82, 2.24) is 9.80 Å². The SMILES string of the molecule is COc1ccc(F)cc1CC(=O)N1CCCC(N(CC(=O)O)C(C)=O)CC1. The lowest BCUT2D eigenvalue weighted by Crippen LogP contribution is -2.43. The third-order valence-corrected chi connectivity index (χ3v) is 4.79. The van der Waals surface area contributed by atoms with Gasteiger partial charge in [0.1, 0.15) is 18.1 Å². The topological polar surface area (TPSA) is 87.2 Å². The number of benzene rings is 1. The molecular formula is C19H25FN2O5. The van der Waals surface area contributed by atoms with Gasteiger partial charge in [0.15, 0.2) is 0 Å². The molecule has 1 atom stereocenters. The largest absolute Gasteiger partial charge is 0.496 e. The van der Waals surface area contributed by atoms with Crippen molar-refractivity contribution in [3.63, 3.8) is 0 Å². The molecule has 1 aliphatic rings. The highest BCUT2D eigenvalue weighted by atomic mass is 19.1. The zero-order valence-corrected chi connectivity index (χ0v) is 15.6. The molecule has 0 bridgehead atoms. The van der Waals surface area contributed by atoms with E-state index in [4.69, 9.17) is 9.84 Å². The lowest BCUT2D eigenvalue weighted by atomic mass is 10.1. The Hall–Kier alpha value is -2.64. The maximum Gasteiger partial charge on any atom is 0.323 e. The van der Waals surface area contributed by atoms with Crippen LogP contribution in [-0.4, -0.2) is 65.5 Å². The Bertz CT molecular complexity index is 709. The van der Waals surface area contributed by atoms with Gasteiger partial charge in [0.25, 0.3) is 0 Å². The van der Waals surface area contributed by atoms with Gasteiger partial charge in [-0.3, -0.25) is 14.4 Å². The smallest absolute Gasteiger partial charge is 0.323 e. The van der Waals surface area contributed by atoms with E-state index >= 15 is 0 Å². The zero-order chi connectivity index (χ0) is 20.0. The minimum Gasteiger partial charge on any atom is -0.496 e. The quantitative estimate of drug-likeness (QED) is 0.812. The van der Waals surface area contributed by atoms with Crippen LogP contribution in [0.5, 0.6) is 5.75 Å². The molecule has 2 rings (SSSR count). The predicted molar refractivity (Wildman–Crippen MR) is 95.9 cm³/mol. The van der Waals surface area contributed by atoms with Crippen LogP contribution < -0.4 is 4.74 Å². The van der Waals surface area contributed by atoms with Gasteiger partial charge in [0, 0.05) is 31.6 Å². The Morgan fingerprint density at radius 3 is 2.67 bits per heavy atom. The predicted octanol–water partition coefficient (Wildman–Crippen LogP) is 1.69. The van der Waals surface area contributed by atoms with Crippen molar-refractivity contribution in [1.29, 1.82) is 0 Å². The third kappa shape index (κ3) is 5.67. The van der Waals surface area contributed by atoms with E-state index in [1.807, 2.05) is 0 Å². The number of amides is 2. The summed E-state index contributed by atoms with van der Waals surface area (Å²) >= 11 is 0. The molecule has 1 N–H and O–H groups in total. The number of carboxylic acids is 1. The normalized spacial score (nSPS) is 17.1. The second kappa shape index (κ2) is 9.34. The molecule has 1 unspecified atom stereocenters. The fraction of sp³-hybridized carbons (Fsp3) is 0.526. The summed E-state index contributed by atoms with van der Waals surface area (Å²) in [5.74, 6) is -1.46. The molecule has 8 heteroatoms. The van der Waals surface area contributed by atoms with Gasteiger partial charge in [-0.05, 0) is 37.5 Å². The number of hydrogen-bond donors (Lipinski definition) is 1. The van der Waals surface area contributed by atoms with Gasteiger partial charge >= 0.3 is 5.97 Å². The van der Waals surface area contributed by atoms with Crippen LogP contribution in [0.4, 0.5) is 4.39 Å². The van der Waals surface area contributed by atoms with Gasteiger partial charge in [-0.15, -0.1) is 0 Å². The highest BCUT2D eigenvalue weighted by Gasteiger charge is 2.27. The molecule has 1 aromatic rings. The monoisotopic (exact) mass is 380 g/mol. The van der Waals surface area contributed by atoms with Crippen LogP contribution in [0.3, 0.4) is 0 Å². The standard InChI is InChI=1S/C19H25FN2O5/c1-13(23)22(12-19(25)26)16-4-3-8-21(9-7-16)18(24)11-14-10-15(20)5-6-17(14)27-2/h5-6,10,16H,3-4,7-9,11-12H2,1-2H3,(H,25,26). The van der Waals surface area contributed by atoms with E-state index in [0.29, 0.717) is 43.7 Å². The number of hydrogen-bond acceptors (Lipinski definition) is 4. The molecular weight excluding hydrogens is 355 g/mol. The van der Waals surface area contributed by atoms with Gasteiger partial charge in [-0.25, -0.2) is 4.39 Å². The first kappa shape index (κ1) is 20.7. The molecule has 0 aromatic heterocycles. The van der Waals surface area contributed by atoms with Crippen molar-refractivity contribution in [2.24, 2.45) is 0 Å². The van der Waals surface area contributed by atoms with Crippen molar-refractivity contribution in [2.75, 3.05) is 26.7 Å². The minimum atomic E-state index is -1.06. The molecule has 27 heavy (non-hydrogen) atoms. The maximum absolute atomic E-state index is 13.5. The number of halogens is 1. The number of carbonyl (C=O) groups excluding carboxylic acids is 2. The van der Waals surface area contributed by atoms with Crippen molar-refractivity contribution in [3.8, 4) is 5.75 Å². The van der Waals surface area contributed by atoms with Gasteiger partial charge < -0.3 is 19.6 Å². The molecule has 7 nitrogen and oxygen atoms in total. The molecule has 0 spiro atoms. The lowest BCUT2D eigenvalue weighted by Gasteiger charge is -2.29. The summed E-state index contributed by atoms with van der Waals surface area (Å²) in [6.07, 6.45) is 1.84. The van der Waals surface area contributed by atoms with Crippen LogP contribution in [0, 0.1) is 5.82 Å². The maximum atomic E-state index is 13.5. The van der Waals surface area contributed by atoms with Crippen molar-refractivity contribution in [3.05, 3.63) is 29.6 Å². The molecule has 1 fully saturated rings. The summed E-state index contributed by atoms with van der Waals surface area (Å²) in [6.45, 7) is 1.96.